The highest BCUT2D eigenvalue weighted by Crippen LogP contribution is 2.30. The van der Waals surface area contributed by atoms with Crippen molar-refractivity contribution in [2.75, 3.05) is 5.32 Å². The molecule has 2 aromatic heterocycles. The second-order valence-corrected chi connectivity index (χ2v) is 7.26. The first-order valence-electron chi connectivity index (χ1n) is 9.68. The maximum Gasteiger partial charge on any atom is 0.416 e. The fourth-order valence-corrected chi connectivity index (χ4v) is 3.25. The number of amides is 1. The monoisotopic (exact) mass is 454 g/mol. The third-order valence-electron chi connectivity index (χ3n) is 4.83. The summed E-state index contributed by atoms with van der Waals surface area (Å²) in [5, 5.41) is 14.5. The number of benzene rings is 2. The normalized spacial score (nSPS) is 11.4. The van der Waals surface area contributed by atoms with Crippen LogP contribution in [0.2, 0.25) is 0 Å². The SMILES string of the molecule is Cc1cc(=O)c(C(=O)Nc2cccc(-c3nncn3C)c2)nn1-c1cccc(C(F)(F)F)c1. The molecule has 4 aromatic rings. The molecule has 0 spiro atoms. The van der Waals surface area contributed by atoms with Crippen LogP contribution in [0.4, 0.5) is 18.9 Å². The number of carbonyl (C=O) groups is 1. The second kappa shape index (κ2) is 8.34. The first-order chi connectivity index (χ1) is 15.6. The van der Waals surface area contributed by atoms with Gasteiger partial charge < -0.3 is 9.88 Å². The van der Waals surface area contributed by atoms with E-state index in [0.29, 0.717) is 17.1 Å². The Kier molecular flexibility index (Phi) is 5.54. The summed E-state index contributed by atoms with van der Waals surface area (Å²) >= 11 is 0. The molecule has 0 radical (unpaired) electrons. The Hall–Kier alpha value is -4.28. The molecule has 0 saturated heterocycles. The summed E-state index contributed by atoms with van der Waals surface area (Å²) in [5.41, 5.74) is -0.564. The third-order valence-corrected chi connectivity index (χ3v) is 4.83. The summed E-state index contributed by atoms with van der Waals surface area (Å²) in [6.45, 7) is 1.51. The lowest BCUT2D eigenvalue weighted by Crippen LogP contribution is -2.27. The Morgan fingerprint density at radius 3 is 2.52 bits per heavy atom. The van der Waals surface area contributed by atoms with E-state index in [1.165, 1.54) is 25.4 Å². The van der Waals surface area contributed by atoms with Gasteiger partial charge in [-0.15, -0.1) is 10.2 Å². The zero-order valence-corrected chi connectivity index (χ0v) is 17.5. The molecule has 2 aromatic carbocycles. The van der Waals surface area contributed by atoms with Crippen molar-refractivity contribution >= 4 is 11.6 Å². The van der Waals surface area contributed by atoms with Gasteiger partial charge in [-0.2, -0.15) is 18.3 Å². The predicted octanol–water partition coefficient (Wildman–Crippen LogP) is 3.61. The van der Waals surface area contributed by atoms with Crippen LogP contribution in [-0.4, -0.2) is 30.5 Å². The number of hydrogen-bond donors (Lipinski definition) is 1. The highest BCUT2D eigenvalue weighted by molar-refractivity contribution is 6.03. The van der Waals surface area contributed by atoms with E-state index in [4.69, 9.17) is 0 Å². The molecule has 4 rings (SSSR count). The fourth-order valence-electron chi connectivity index (χ4n) is 3.25. The Labute approximate surface area is 185 Å². The number of nitrogens with zero attached hydrogens (tertiary/aromatic N) is 5. The number of halogens is 3. The molecule has 0 aliphatic carbocycles. The summed E-state index contributed by atoms with van der Waals surface area (Å²) in [7, 11) is 1.77. The first-order valence-corrected chi connectivity index (χ1v) is 9.68. The van der Waals surface area contributed by atoms with Crippen molar-refractivity contribution in [2.45, 2.75) is 13.1 Å². The first kappa shape index (κ1) is 21.9. The average Bonchev–Trinajstić information content (AvgIpc) is 3.19. The molecular formula is C22H17F3N6O2. The minimum absolute atomic E-state index is 0.0701. The standard InChI is InChI=1S/C22H17F3N6O2/c1-13-9-18(32)19(29-31(13)17-8-4-6-15(11-17)22(23,24)25)21(33)27-16-7-3-5-14(10-16)20-28-26-12-30(20)2/h3-12H,1-2H3,(H,27,33). The molecule has 0 aliphatic heterocycles. The largest absolute Gasteiger partial charge is 0.416 e. The molecule has 1 amide bonds. The quantitative estimate of drug-likeness (QED) is 0.509. The predicted molar refractivity (Wildman–Crippen MR) is 114 cm³/mol. The summed E-state index contributed by atoms with van der Waals surface area (Å²) in [6, 6.07) is 12.4. The maximum absolute atomic E-state index is 13.1. The minimum Gasteiger partial charge on any atom is -0.320 e. The van der Waals surface area contributed by atoms with E-state index in [9.17, 15) is 22.8 Å². The van der Waals surface area contributed by atoms with Crippen LogP contribution in [0.5, 0.6) is 0 Å². The molecule has 0 bridgehead atoms. The topological polar surface area (TPSA) is 94.7 Å². The number of alkyl halides is 3. The Morgan fingerprint density at radius 2 is 1.82 bits per heavy atom. The summed E-state index contributed by atoms with van der Waals surface area (Å²) in [6.07, 6.45) is -3.01. The highest BCUT2D eigenvalue weighted by Gasteiger charge is 2.30. The Morgan fingerprint density at radius 1 is 1.06 bits per heavy atom. The van der Waals surface area contributed by atoms with Gasteiger partial charge >= 0.3 is 6.18 Å². The third kappa shape index (κ3) is 4.52. The molecule has 0 unspecified atom stereocenters. The number of aryl methyl sites for hydroxylation is 2. The van der Waals surface area contributed by atoms with E-state index in [1.807, 2.05) is 0 Å². The van der Waals surface area contributed by atoms with Gasteiger partial charge in [0.1, 0.15) is 6.33 Å². The van der Waals surface area contributed by atoms with Gasteiger partial charge in [-0.1, -0.05) is 18.2 Å². The van der Waals surface area contributed by atoms with Gasteiger partial charge in [-0.25, -0.2) is 4.68 Å². The van der Waals surface area contributed by atoms with Gasteiger partial charge in [-0.3, -0.25) is 9.59 Å². The van der Waals surface area contributed by atoms with Crippen LogP contribution in [0.25, 0.3) is 17.1 Å². The van der Waals surface area contributed by atoms with Crippen molar-refractivity contribution in [2.24, 2.45) is 7.05 Å². The molecule has 0 atom stereocenters. The van der Waals surface area contributed by atoms with Crippen LogP contribution in [0.1, 0.15) is 21.7 Å². The lowest BCUT2D eigenvalue weighted by Gasteiger charge is -2.14. The van der Waals surface area contributed by atoms with E-state index in [0.717, 1.165) is 22.9 Å². The Balaban J connectivity index is 1.67. The van der Waals surface area contributed by atoms with E-state index in [-0.39, 0.29) is 11.4 Å². The smallest absolute Gasteiger partial charge is 0.320 e. The van der Waals surface area contributed by atoms with Crippen molar-refractivity contribution in [1.29, 1.82) is 0 Å². The van der Waals surface area contributed by atoms with Gasteiger partial charge in [0, 0.05) is 30.1 Å². The number of rotatable bonds is 4. The van der Waals surface area contributed by atoms with E-state index in [2.05, 4.69) is 20.6 Å². The number of hydrogen-bond acceptors (Lipinski definition) is 5. The van der Waals surface area contributed by atoms with Crippen LogP contribution < -0.4 is 10.7 Å². The number of carbonyl (C=O) groups excluding carboxylic acids is 1. The average molecular weight is 454 g/mol. The van der Waals surface area contributed by atoms with Crippen LogP contribution in [-0.2, 0) is 13.2 Å². The van der Waals surface area contributed by atoms with Crippen molar-refractivity contribution < 1.29 is 18.0 Å². The van der Waals surface area contributed by atoms with Gasteiger partial charge in [0.05, 0.1) is 11.3 Å². The number of anilines is 1. The molecule has 1 N–H and O–H groups in total. The van der Waals surface area contributed by atoms with Crippen LogP contribution in [0, 0.1) is 6.92 Å². The summed E-state index contributed by atoms with van der Waals surface area (Å²) < 4.78 is 42.1. The van der Waals surface area contributed by atoms with E-state index in [1.54, 1.807) is 35.9 Å². The summed E-state index contributed by atoms with van der Waals surface area (Å²) in [4.78, 5) is 25.3. The highest BCUT2D eigenvalue weighted by atomic mass is 19.4. The molecule has 33 heavy (non-hydrogen) atoms. The molecular weight excluding hydrogens is 437 g/mol. The zero-order chi connectivity index (χ0) is 23.8. The van der Waals surface area contributed by atoms with Crippen molar-refractivity contribution in [3.63, 3.8) is 0 Å². The second-order valence-electron chi connectivity index (χ2n) is 7.26. The van der Waals surface area contributed by atoms with Gasteiger partial charge in [-0.05, 0) is 37.3 Å². The van der Waals surface area contributed by atoms with Gasteiger partial charge in [0.2, 0.25) is 5.43 Å². The van der Waals surface area contributed by atoms with Gasteiger partial charge in [0.15, 0.2) is 11.5 Å². The van der Waals surface area contributed by atoms with E-state index < -0.39 is 28.8 Å². The fraction of sp³-hybridized carbons (Fsp3) is 0.136. The molecule has 0 aliphatic rings. The zero-order valence-electron chi connectivity index (χ0n) is 17.5. The van der Waals surface area contributed by atoms with Gasteiger partial charge in [0.25, 0.3) is 5.91 Å². The number of nitrogens with one attached hydrogen (secondary N) is 1. The Bertz CT molecular complexity index is 1410. The summed E-state index contributed by atoms with van der Waals surface area (Å²) in [5.74, 6) is -0.220. The van der Waals surface area contributed by atoms with Crippen LogP contribution in [0.15, 0.2) is 65.7 Å². The molecule has 11 heteroatoms. The van der Waals surface area contributed by atoms with Crippen molar-refractivity contribution in [3.05, 3.63) is 88.1 Å². The van der Waals surface area contributed by atoms with Crippen molar-refractivity contribution in [1.82, 2.24) is 24.5 Å². The van der Waals surface area contributed by atoms with Crippen LogP contribution in [0.3, 0.4) is 0 Å². The number of aromatic nitrogens is 5. The molecule has 0 saturated carbocycles. The van der Waals surface area contributed by atoms with Crippen molar-refractivity contribution in [3.8, 4) is 17.1 Å². The molecule has 0 fully saturated rings. The molecule has 8 nitrogen and oxygen atoms in total. The molecule has 168 valence electrons. The van der Waals surface area contributed by atoms with E-state index >= 15 is 0 Å². The molecule has 2 heterocycles. The lowest BCUT2D eigenvalue weighted by atomic mass is 10.2. The minimum atomic E-state index is -4.54. The maximum atomic E-state index is 13.1. The van der Waals surface area contributed by atoms with Crippen LogP contribution >= 0.6 is 0 Å². The lowest BCUT2D eigenvalue weighted by molar-refractivity contribution is -0.137.